The monoisotopic (exact) mass is 284 g/mol. The largest absolute Gasteiger partial charge is 0.480 e. The Morgan fingerprint density at radius 2 is 2.20 bits per heavy atom. The summed E-state index contributed by atoms with van der Waals surface area (Å²) in [5, 5.41) is 12.8. The Hall–Kier alpha value is -0.650. The third kappa shape index (κ3) is 3.93. The van der Waals surface area contributed by atoms with Gasteiger partial charge in [-0.25, -0.2) is 0 Å². The highest BCUT2D eigenvalue weighted by molar-refractivity contribution is 5.78. The molecule has 1 aliphatic carbocycles. The molecule has 116 valence electrons. The van der Waals surface area contributed by atoms with Crippen molar-refractivity contribution >= 4 is 5.97 Å². The van der Waals surface area contributed by atoms with Crippen molar-refractivity contribution in [2.75, 3.05) is 19.7 Å². The lowest BCUT2D eigenvalue weighted by Crippen LogP contribution is -2.55. The second-order valence-electron chi connectivity index (χ2n) is 6.51. The third-order valence-electron chi connectivity index (χ3n) is 4.52. The van der Waals surface area contributed by atoms with Gasteiger partial charge >= 0.3 is 5.97 Å². The van der Waals surface area contributed by atoms with E-state index >= 15 is 0 Å². The molecule has 2 N–H and O–H groups in total. The Morgan fingerprint density at radius 3 is 2.75 bits per heavy atom. The fourth-order valence-corrected chi connectivity index (χ4v) is 2.85. The van der Waals surface area contributed by atoms with Crippen molar-refractivity contribution in [2.45, 2.75) is 70.2 Å². The molecule has 5 nitrogen and oxygen atoms in total. The van der Waals surface area contributed by atoms with Crippen LogP contribution in [0.1, 0.15) is 46.5 Å². The number of morpholine rings is 1. The summed E-state index contributed by atoms with van der Waals surface area (Å²) in [4.78, 5) is 14.0. The number of carbonyl (C=O) groups is 1. The molecule has 1 saturated heterocycles. The normalized spacial score (nSPS) is 30.9. The maximum absolute atomic E-state index is 11.6. The summed E-state index contributed by atoms with van der Waals surface area (Å²) in [5.74, 6) is -0.737. The summed E-state index contributed by atoms with van der Waals surface area (Å²) in [5.41, 5.74) is -0.805. The molecule has 0 aromatic rings. The van der Waals surface area contributed by atoms with Gasteiger partial charge in [0.25, 0.3) is 0 Å². The van der Waals surface area contributed by atoms with E-state index in [2.05, 4.69) is 24.1 Å². The molecular formula is C15H28N2O3. The first-order valence-electron chi connectivity index (χ1n) is 7.81. The van der Waals surface area contributed by atoms with E-state index in [1.165, 1.54) is 0 Å². The van der Waals surface area contributed by atoms with Crippen LogP contribution in [0.4, 0.5) is 0 Å². The molecule has 0 bridgehead atoms. The van der Waals surface area contributed by atoms with Gasteiger partial charge in [0.1, 0.15) is 5.54 Å². The molecule has 2 aliphatic rings. The van der Waals surface area contributed by atoms with E-state index in [1.54, 1.807) is 0 Å². The Morgan fingerprint density at radius 1 is 1.50 bits per heavy atom. The van der Waals surface area contributed by atoms with Crippen molar-refractivity contribution < 1.29 is 14.6 Å². The number of nitrogens with zero attached hydrogens (tertiary/aromatic N) is 1. The predicted molar refractivity (Wildman–Crippen MR) is 77.9 cm³/mol. The van der Waals surface area contributed by atoms with Gasteiger partial charge in [0.2, 0.25) is 0 Å². The van der Waals surface area contributed by atoms with E-state index in [1.807, 2.05) is 6.92 Å². The number of ether oxygens (including phenoxy) is 1. The van der Waals surface area contributed by atoms with Crippen LogP contribution in [-0.2, 0) is 9.53 Å². The van der Waals surface area contributed by atoms with Crippen molar-refractivity contribution in [1.82, 2.24) is 10.2 Å². The van der Waals surface area contributed by atoms with Crippen molar-refractivity contribution in [3.05, 3.63) is 0 Å². The molecule has 0 amide bonds. The minimum absolute atomic E-state index is 0.241. The van der Waals surface area contributed by atoms with Gasteiger partial charge in [-0.2, -0.15) is 0 Å². The van der Waals surface area contributed by atoms with E-state index in [-0.39, 0.29) is 6.10 Å². The lowest BCUT2D eigenvalue weighted by molar-refractivity contribution is -0.145. The molecule has 3 atom stereocenters. The lowest BCUT2D eigenvalue weighted by atomic mass is 9.96. The number of nitrogens with one attached hydrogen (secondary N) is 1. The number of rotatable bonds is 7. The number of carboxylic acid groups (broad SMARTS) is 1. The number of hydrogen-bond donors (Lipinski definition) is 2. The molecule has 2 rings (SSSR count). The molecule has 0 aromatic carbocycles. The van der Waals surface area contributed by atoms with Crippen LogP contribution in [0.25, 0.3) is 0 Å². The first-order valence-corrected chi connectivity index (χ1v) is 7.81. The molecule has 0 spiro atoms. The van der Waals surface area contributed by atoms with Crippen LogP contribution in [0, 0.1) is 0 Å². The zero-order valence-corrected chi connectivity index (χ0v) is 12.9. The molecule has 5 heteroatoms. The smallest absolute Gasteiger partial charge is 0.323 e. The molecular weight excluding hydrogens is 256 g/mol. The summed E-state index contributed by atoms with van der Waals surface area (Å²) >= 11 is 0. The minimum Gasteiger partial charge on any atom is -0.480 e. The number of hydrogen-bond acceptors (Lipinski definition) is 4. The molecule has 1 saturated carbocycles. The Balaban J connectivity index is 1.91. The molecule has 0 radical (unpaired) electrons. The summed E-state index contributed by atoms with van der Waals surface area (Å²) in [6.45, 7) is 8.54. The van der Waals surface area contributed by atoms with E-state index < -0.39 is 11.5 Å². The molecule has 0 aromatic heterocycles. The second-order valence-corrected chi connectivity index (χ2v) is 6.51. The molecule has 1 aliphatic heterocycles. The van der Waals surface area contributed by atoms with Crippen molar-refractivity contribution in [1.29, 1.82) is 0 Å². The van der Waals surface area contributed by atoms with Gasteiger partial charge in [0.15, 0.2) is 0 Å². The summed E-state index contributed by atoms with van der Waals surface area (Å²) in [6, 6.07) is 0.826. The maximum Gasteiger partial charge on any atom is 0.323 e. The predicted octanol–water partition coefficient (Wildman–Crippen LogP) is 1.47. The second kappa shape index (κ2) is 6.41. The minimum atomic E-state index is -0.805. The quantitative estimate of drug-likeness (QED) is 0.741. The summed E-state index contributed by atoms with van der Waals surface area (Å²) < 4.78 is 5.69. The average Bonchev–Trinajstić information content (AvgIpc) is 3.20. The van der Waals surface area contributed by atoms with Gasteiger partial charge in [-0.1, -0.05) is 6.92 Å². The van der Waals surface area contributed by atoms with E-state index in [0.29, 0.717) is 18.5 Å². The number of aliphatic carboxylic acids is 1. The van der Waals surface area contributed by atoms with Crippen LogP contribution in [0.2, 0.25) is 0 Å². The van der Waals surface area contributed by atoms with Gasteiger partial charge in [-0.15, -0.1) is 0 Å². The third-order valence-corrected chi connectivity index (χ3v) is 4.52. The molecule has 2 fully saturated rings. The highest BCUT2D eigenvalue weighted by atomic mass is 16.5. The Kier molecular flexibility index (Phi) is 5.04. The first-order chi connectivity index (χ1) is 9.44. The molecule has 20 heavy (non-hydrogen) atoms. The zero-order valence-electron chi connectivity index (χ0n) is 12.9. The maximum atomic E-state index is 11.6. The van der Waals surface area contributed by atoms with Gasteiger partial charge in [-0.3, -0.25) is 15.0 Å². The van der Waals surface area contributed by atoms with Crippen LogP contribution < -0.4 is 5.32 Å². The standard InChI is InChI=1S/C15H28N2O3/c1-4-13-10-20-11(2)9-17(13)8-7-15(3,14(18)19)16-12-5-6-12/h11-13,16H,4-10H2,1-3H3,(H,18,19). The van der Waals surface area contributed by atoms with Crippen LogP contribution in [0.5, 0.6) is 0 Å². The van der Waals surface area contributed by atoms with Crippen molar-refractivity contribution in [2.24, 2.45) is 0 Å². The Labute approximate surface area is 121 Å². The van der Waals surface area contributed by atoms with Crippen molar-refractivity contribution in [3.8, 4) is 0 Å². The highest BCUT2D eigenvalue weighted by Gasteiger charge is 2.39. The van der Waals surface area contributed by atoms with Gasteiger partial charge in [0, 0.05) is 25.2 Å². The number of carboxylic acids is 1. The van der Waals surface area contributed by atoms with Crippen LogP contribution in [-0.4, -0.2) is 59.4 Å². The lowest BCUT2D eigenvalue weighted by Gasteiger charge is -2.40. The fraction of sp³-hybridized carbons (Fsp3) is 0.933. The SMILES string of the molecule is CCC1COC(C)CN1CCC(C)(NC1CC1)C(=O)O. The van der Waals surface area contributed by atoms with Gasteiger partial charge < -0.3 is 9.84 Å². The fourth-order valence-electron chi connectivity index (χ4n) is 2.85. The van der Waals surface area contributed by atoms with Gasteiger partial charge in [-0.05, 0) is 39.5 Å². The average molecular weight is 284 g/mol. The van der Waals surface area contributed by atoms with E-state index in [9.17, 15) is 9.90 Å². The van der Waals surface area contributed by atoms with E-state index in [0.717, 1.165) is 39.0 Å². The van der Waals surface area contributed by atoms with Crippen molar-refractivity contribution in [3.63, 3.8) is 0 Å². The van der Waals surface area contributed by atoms with Crippen LogP contribution >= 0.6 is 0 Å². The first kappa shape index (κ1) is 15.7. The van der Waals surface area contributed by atoms with Gasteiger partial charge in [0.05, 0.1) is 12.7 Å². The zero-order chi connectivity index (χ0) is 14.8. The van der Waals surface area contributed by atoms with Crippen LogP contribution in [0.3, 0.4) is 0 Å². The van der Waals surface area contributed by atoms with Crippen LogP contribution in [0.15, 0.2) is 0 Å². The topological polar surface area (TPSA) is 61.8 Å². The summed E-state index contributed by atoms with van der Waals surface area (Å²) in [6.07, 6.45) is 4.14. The molecule has 1 heterocycles. The highest BCUT2D eigenvalue weighted by Crippen LogP contribution is 2.25. The molecule has 3 unspecified atom stereocenters. The summed E-state index contributed by atoms with van der Waals surface area (Å²) in [7, 11) is 0. The Bertz CT molecular complexity index is 346. The van der Waals surface area contributed by atoms with E-state index in [4.69, 9.17) is 4.74 Å².